The molecule has 0 atom stereocenters. The first kappa shape index (κ1) is 12.4. The van der Waals surface area contributed by atoms with Crippen molar-refractivity contribution in [2.24, 2.45) is 5.73 Å². The van der Waals surface area contributed by atoms with Gasteiger partial charge in [0.2, 0.25) is 5.28 Å². The molecule has 8 nitrogen and oxygen atoms in total. The highest BCUT2D eigenvalue weighted by Crippen LogP contribution is 2.07. The fourth-order valence-corrected chi connectivity index (χ4v) is 1.38. The van der Waals surface area contributed by atoms with E-state index in [1.54, 1.807) is 0 Å². The van der Waals surface area contributed by atoms with E-state index in [4.69, 9.17) is 17.3 Å². The standard InChI is InChI=1S/C9H10ClN7O/c10-9-12-3-1-7(14-9)13-8(18)6-5-17(4-2-11)16-15-6/h1,3,5H,2,4,11H2,(H,12,13,14,18). The molecule has 0 bridgehead atoms. The predicted octanol–water partition coefficient (Wildman–Crippen LogP) is -0.0675. The Morgan fingerprint density at radius 3 is 3.11 bits per heavy atom. The normalized spacial score (nSPS) is 10.3. The van der Waals surface area contributed by atoms with Crippen molar-refractivity contribution in [2.45, 2.75) is 6.54 Å². The minimum absolute atomic E-state index is 0.0552. The molecule has 2 heterocycles. The number of hydrogen-bond donors (Lipinski definition) is 2. The lowest BCUT2D eigenvalue weighted by Crippen LogP contribution is -2.14. The second kappa shape index (κ2) is 5.52. The lowest BCUT2D eigenvalue weighted by molar-refractivity contribution is 0.102. The molecule has 0 aliphatic rings. The third kappa shape index (κ3) is 2.99. The zero-order valence-corrected chi connectivity index (χ0v) is 10.0. The lowest BCUT2D eigenvalue weighted by atomic mass is 10.4. The Labute approximate surface area is 107 Å². The van der Waals surface area contributed by atoms with Crippen LogP contribution in [0, 0.1) is 0 Å². The van der Waals surface area contributed by atoms with E-state index in [0.29, 0.717) is 18.9 Å². The maximum atomic E-state index is 11.8. The second-order valence-electron chi connectivity index (χ2n) is 3.32. The van der Waals surface area contributed by atoms with Gasteiger partial charge in [-0.05, 0) is 17.7 Å². The summed E-state index contributed by atoms with van der Waals surface area (Å²) >= 11 is 5.60. The van der Waals surface area contributed by atoms with Crippen LogP contribution in [0.25, 0.3) is 0 Å². The highest BCUT2D eigenvalue weighted by molar-refractivity contribution is 6.28. The third-order valence-electron chi connectivity index (χ3n) is 2.00. The lowest BCUT2D eigenvalue weighted by Gasteiger charge is -2.00. The van der Waals surface area contributed by atoms with Crippen LogP contribution in [0.5, 0.6) is 0 Å². The number of amides is 1. The van der Waals surface area contributed by atoms with Crippen LogP contribution in [0.15, 0.2) is 18.5 Å². The number of nitrogens with one attached hydrogen (secondary N) is 1. The summed E-state index contributed by atoms with van der Waals surface area (Å²) in [6.45, 7) is 0.922. The van der Waals surface area contributed by atoms with Gasteiger partial charge in [0.05, 0.1) is 12.7 Å². The largest absolute Gasteiger partial charge is 0.329 e. The van der Waals surface area contributed by atoms with Crippen LogP contribution >= 0.6 is 11.6 Å². The van der Waals surface area contributed by atoms with Crippen molar-refractivity contribution < 1.29 is 4.79 Å². The first-order valence-corrected chi connectivity index (χ1v) is 5.47. The Morgan fingerprint density at radius 1 is 1.56 bits per heavy atom. The van der Waals surface area contributed by atoms with Crippen LogP contribution in [-0.4, -0.2) is 37.4 Å². The smallest absolute Gasteiger partial charge is 0.278 e. The van der Waals surface area contributed by atoms with Gasteiger partial charge < -0.3 is 11.1 Å². The molecule has 1 amide bonds. The summed E-state index contributed by atoms with van der Waals surface area (Å²) in [5, 5.41) is 10.1. The first-order chi connectivity index (χ1) is 8.69. The Hall–Kier alpha value is -2.06. The summed E-state index contributed by atoms with van der Waals surface area (Å²) in [6, 6.07) is 1.52. The average Bonchev–Trinajstić information content (AvgIpc) is 2.78. The number of nitrogens with zero attached hydrogens (tertiary/aromatic N) is 5. The van der Waals surface area contributed by atoms with Crippen LogP contribution in [-0.2, 0) is 6.54 Å². The van der Waals surface area contributed by atoms with Crippen LogP contribution in [0.1, 0.15) is 10.5 Å². The first-order valence-electron chi connectivity index (χ1n) is 5.09. The van der Waals surface area contributed by atoms with Gasteiger partial charge >= 0.3 is 0 Å². The molecule has 0 saturated heterocycles. The summed E-state index contributed by atoms with van der Waals surface area (Å²) in [5.74, 6) is -0.124. The van der Waals surface area contributed by atoms with E-state index < -0.39 is 5.91 Å². The Bertz CT molecular complexity index is 555. The molecule has 0 aliphatic carbocycles. The van der Waals surface area contributed by atoms with Crippen molar-refractivity contribution in [3.05, 3.63) is 29.4 Å². The van der Waals surface area contributed by atoms with Gasteiger partial charge in [0.25, 0.3) is 5.91 Å². The molecular formula is C9H10ClN7O. The van der Waals surface area contributed by atoms with E-state index in [1.807, 2.05) is 0 Å². The molecule has 2 aromatic rings. The van der Waals surface area contributed by atoms with Gasteiger partial charge in [0.1, 0.15) is 5.82 Å². The highest BCUT2D eigenvalue weighted by atomic mass is 35.5. The monoisotopic (exact) mass is 267 g/mol. The Morgan fingerprint density at radius 2 is 2.39 bits per heavy atom. The van der Waals surface area contributed by atoms with Crippen molar-refractivity contribution in [2.75, 3.05) is 11.9 Å². The Kier molecular flexibility index (Phi) is 3.80. The van der Waals surface area contributed by atoms with Crippen molar-refractivity contribution in [3.8, 4) is 0 Å². The SMILES string of the molecule is NCCn1cc(C(=O)Nc2ccnc(Cl)n2)nn1. The zero-order chi connectivity index (χ0) is 13.0. The van der Waals surface area contributed by atoms with Gasteiger partial charge in [-0.3, -0.25) is 9.48 Å². The summed E-state index contributed by atoms with van der Waals surface area (Å²) in [4.78, 5) is 19.3. The van der Waals surface area contributed by atoms with Gasteiger partial charge in [0.15, 0.2) is 5.69 Å². The number of halogens is 1. The second-order valence-corrected chi connectivity index (χ2v) is 3.66. The van der Waals surface area contributed by atoms with Crippen LogP contribution in [0.4, 0.5) is 5.82 Å². The Balaban J connectivity index is 2.07. The molecule has 0 radical (unpaired) electrons. The topological polar surface area (TPSA) is 112 Å². The molecule has 0 unspecified atom stereocenters. The van der Waals surface area contributed by atoms with Gasteiger partial charge in [-0.1, -0.05) is 5.21 Å². The zero-order valence-electron chi connectivity index (χ0n) is 9.25. The van der Waals surface area contributed by atoms with E-state index in [2.05, 4.69) is 25.6 Å². The molecular weight excluding hydrogens is 258 g/mol. The van der Waals surface area contributed by atoms with Crippen molar-refractivity contribution >= 4 is 23.3 Å². The van der Waals surface area contributed by atoms with Crippen molar-refractivity contribution in [3.63, 3.8) is 0 Å². The minimum Gasteiger partial charge on any atom is -0.329 e. The van der Waals surface area contributed by atoms with E-state index >= 15 is 0 Å². The molecule has 0 saturated carbocycles. The number of aromatic nitrogens is 5. The van der Waals surface area contributed by atoms with E-state index in [0.717, 1.165) is 0 Å². The number of hydrogen-bond acceptors (Lipinski definition) is 6. The maximum Gasteiger partial charge on any atom is 0.278 e. The van der Waals surface area contributed by atoms with Gasteiger partial charge in [-0.2, -0.15) is 0 Å². The average molecular weight is 268 g/mol. The number of rotatable bonds is 4. The van der Waals surface area contributed by atoms with Crippen molar-refractivity contribution in [1.29, 1.82) is 0 Å². The molecule has 2 aromatic heterocycles. The van der Waals surface area contributed by atoms with Crippen LogP contribution in [0.3, 0.4) is 0 Å². The number of carbonyl (C=O) groups is 1. The third-order valence-corrected chi connectivity index (χ3v) is 2.18. The molecule has 18 heavy (non-hydrogen) atoms. The number of anilines is 1. The van der Waals surface area contributed by atoms with E-state index in [9.17, 15) is 4.79 Å². The van der Waals surface area contributed by atoms with Gasteiger partial charge in [-0.25, -0.2) is 9.97 Å². The molecule has 94 valence electrons. The summed E-state index contributed by atoms with van der Waals surface area (Å²) in [7, 11) is 0. The molecule has 9 heteroatoms. The fraction of sp³-hybridized carbons (Fsp3) is 0.222. The van der Waals surface area contributed by atoms with Crippen molar-refractivity contribution in [1.82, 2.24) is 25.0 Å². The predicted molar refractivity (Wildman–Crippen MR) is 64.1 cm³/mol. The molecule has 2 rings (SSSR count). The van der Waals surface area contributed by atoms with E-state index in [-0.39, 0.29) is 11.0 Å². The highest BCUT2D eigenvalue weighted by Gasteiger charge is 2.11. The molecule has 0 fully saturated rings. The molecule has 0 aliphatic heterocycles. The minimum atomic E-state index is -0.423. The van der Waals surface area contributed by atoms with Crippen LogP contribution < -0.4 is 11.1 Å². The summed E-state index contributed by atoms with van der Waals surface area (Å²) in [5.41, 5.74) is 5.54. The number of nitrogens with two attached hydrogens (primary N) is 1. The maximum absolute atomic E-state index is 11.8. The molecule has 3 N–H and O–H groups in total. The molecule has 0 aromatic carbocycles. The van der Waals surface area contributed by atoms with Gasteiger partial charge in [0, 0.05) is 12.7 Å². The summed E-state index contributed by atoms with van der Waals surface area (Å²) < 4.78 is 1.49. The quantitative estimate of drug-likeness (QED) is 0.750. The fourth-order valence-electron chi connectivity index (χ4n) is 1.23. The summed E-state index contributed by atoms with van der Waals surface area (Å²) in [6.07, 6.45) is 2.95. The van der Waals surface area contributed by atoms with E-state index in [1.165, 1.54) is 23.1 Å². The molecule has 0 spiro atoms. The number of carbonyl (C=O) groups excluding carboxylic acids is 1. The van der Waals surface area contributed by atoms with Gasteiger partial charge in [-0.15, -0.1) is 5.10 Å². The van der Waals surface area contributed by atoms with Crippen LogP contribution in [0.2, 0.25) is 5.28 Å².